The van der Waals surface area contributed by atoms with Crippen LogP contribution in [0.1, 0.15) is 38.8 Å². The first-order valence-corrected chi connectivity index (χ1v) is 10.4. The van der Waals surface area contributed by atoms with E-state index in [2.05, 4.69) is 5.32 Å². The average molecular weight is 451 g/mol. The molecular formula is C23H28Cl2N2O3. The first kappa shape index (κ1) is 24.0. The van der Waals surface area contributed by atoms with Gasteiger partial charge < -0.3 is 15.0 Å². The Hall–Kier alpha value is -2.24. The lowest BCUT2D eigenvalue weighted by atomic mass is 10.1. The standard InChI is InChI=1S/C23H28Cl2N2O3/c1-15(22(29)26-23(2,3)4)27(14-18-19(24)7-6-8-20(18)25)21(28)13-16-9-11-17(30-5)12-10-16/h6-12,15H,13-14H2,1-5H3,(H,26,29)/t15-/m1/s1. The van der Waals surface area contributed by atoms with Crippen LogP contribution in [-0.2, 0) is 22.6 Å². The van der Waals surface area contributed by atoms with E-state index in [0.29, 0.717) is 21.4 Å². The van der Waals surface area contributed by atoms with Crippen LogP contribution in [0.3, 0.4) is 0 Å². The fraction of sp³-hybridized carbons (Fsp3) is 0.391. The van der Waals surface area contributed by atoms with E-state index in [0.717, 1.165) is 5.56 Å². The maximum Gasteiger partial charge on any atom is 0.242 e. The molecule has 0 spiro atoms. The summed E-state index contributed by atoms with van der Waals surface area (Å²) in [5, 5.41) is 3.84. The van der Waals surface area contributed by atoms with Gasteiger partial charge in [-0.3, -0.25) is 9.59 Å². The van der Waals surface area contributed by atoms with Gasteiger partial charge in [0.2, 0.25) is 11.8 Å². The molecule has 0 radical (unpaired) electrons. The molecule has 0 heterocycles. The van der Waals surface area contributed by atoms with E-state index < -0.39 is 11.6 Å². The van der Waals surface area contributed by atoms with E-state index in [1.165, 1.54) is 4.90 Å². The summed E-state index contributed by atoms with van der Waals surface area (Å²) in [6.07, 6.45) is 0.138. The van der Waals surface area contributed by atoms with Crippen LogP contribution in [0.2, 0.25) is 10.0 Å². The monoisotopic (exact) mass is 450 g/mol. The van der Waals surface area contributed by atoms with E-state index in [-0.39, 0.29) is 24.8 Å². The van der Waals surface area contributed by atoms with Gasteiger partial charge in [-0.2, -0.15) is 0 Å². The molecule has 2 aromatic rings. The molecule has 5 nitrogen and oxygen atoms in total. The first-order valence-electron chi connectivity index (χ1n) is 9.69. The molecular weight excluding hydrogens is 423 g/mol. The molecule has 0 unspecified atom stereocenters. The topological polar surface area (TPSA) is 58.6 Å². The Morgan fingerprint density at radius 1 is 1.07 bits per heavy atom. The number of carbonyl (C=O) groups excluding carboxylic acids is 2. The van der Waals surface area contributed by atoms with Gasteiger partial charge in [0.25, 0.3) is 0 Å². The number of amides is 2. The van der Waals surface area contributed by atoms with Gasteiger partial charge in [0.05, 0.1) is 13.5 Å². The lowest BCUT2D eigenvalue weighted by Gasteiger charge is -2.32. The molecule has 30 heavy (non-hydrogen) atoms. The van der Waals surface area contributed by atoms with Crippen molar-refractivity contribution in [2.45, 2.75) is 52.2 Å². The zero-order chi connectivity index (χ0) is 22.5. The summed E-state index contributed by atoms with van der Waals surface area (Å²) in [6.45, 7) is 7.52. The highest BCUT2D eigenvalue weighted by Gasteiger charge is 2.29. The largest absolute Gasteiger partial charge is 0.497 e. The van der Waals surface area contributed by atoms with Gasteiger partial charge in [0.1, 0.15) is 11.8 Å². The van der Waals surface area contributed by atoms with Gasteiger partial charge in [-0.1, -0.05) is 41.4 Å². The number of carbonyl (C=O) groups is 2. The normalized spacial score (nSPS) is 12.2. The van der Waals surface area contributed by atoms with Crippen LogP contribution in [0.25, 0.3) is 0 Å². The molecule has 0 aliphatic heterocycles. The second kappa shape index (κ2) is 10.2. The minimum Gasteiger partial charge on any atom is -0.497 e. The Kier molecular flexibility index (Phi) is 8.16. The molecule has 2 aromatic carbocycles. The van der Waals surface area contributed by atoms with Crippen molar-refractivity contribution in [2.75, 3.05) is 7.11 Å². The predicted molar refractivity (Wildman–Crippen MR) is 121 cm³/mol. The van der Waals surface area contributed by atoms with E-state index >= 15 is 0 Å². The van der Waals surface area contributed by atoms with E-state index in [1.54, 1.807) is 44.4 Å². The molecule has 0 aromatic heterocycles. The average Bonchev–Trinajstić information content (AvgIpc) is 2.66. The van der Waals surface area contributed by atoms with Gasteiger partial charge in [-0.15, -0.1) is 0 Å². The highest BCUT2D eigenvalue weighted by Crippen LogP contribution is 2.27. The summed E-state index contributed by atoms with van der Waals surface area (Å²) in [5.74, 6) is 0.269. The van der Waals surface area contributed by atoms with Crippen molar-refractivity contribution in [3.8, 4) is 5.75 Å². The van der Waals surface area contributed by atoms with Crippen LogP contribution in [0, 0.1) is 0 Å². The molecule has 0 fully saturated rings. The zero-order valence-corrected chi connectivity index (χ0v) is 19.5. The highest BCUT2D eigenvalue weighted by molar-refractivity contribution is 6.36. The Bertz CT molecular complexity index is 872. The van der Waals surface area contributed by atoms with E-state index in [4.69, 9.17) is 27.9 Å². The van der Waals surface area contributed by atoms with Crippen molar-refractivity contribution in [3.63, 3.8) is 0 Å². The smallest absolute Gasteiger partial charge is 0.242 e. The number of ether oxygens (including phenoxy) is 1. The van der Waals surface area contributed by atoms with Crippen molar-refractivity contribution < 1.29 is 14.3 Å². The minimum absolute atomic E-state index is 0.131. The molecule has 1 atom stereocenters. The maximum absolute atomic E-state index is 13.2. The number of rotatable bonds is 7. The molecule has 0 saturated heterocycles. The summed E-state index contributed by atoms with van der Waals surface area (Å²) in [7, 11) is 1.59. The van der Waals surface area contributed by atoms with Crippen molar-refractivity contribution in [2.24, 2.45) is 0 Å². The van der Waals surface area contributed by atoms with Gasteiger partial charge in [-0.25, -0.2) is 0 Å². The lowest BCUT2D eigenvalue weighted by Crippen LogP contribution is -2.52. The third-order valence-electron chi connectivity index (χ3n) is 4.57. The summed E-state index contributed by atoms with van der Waals surface area (Å²) in [4.78, 5) is 27.6. The van der Waals surface area contributed by atoms with Crippen LogP contribution < -0.4 is 10.1 Å². The van der Waals surface area contributed by atoms with Crippen LogP contribution >= 0.6 is 23.2 Å². The van der Waals surface area contributed by atoms with Crippen molar-refractivity contribution in [1.29, 1.82) is 0 Å². The highest BCUT2D eigenvalue weighted by atomic mass is 35.5. The van der Waals surface area contributed by atoms with Gasteiger partial charge in [0, 0.05) is 27.7 Å². The summed E-state index contributed by atoms with van der Waals surface area (Å²) < 4.78 is 5.17. The molecule has 0 bridgehead atoms. The maximum atomic E-state index is 13.2. The third-order valence-corrected chi connectivity index (χ3v) is 5.28. The van der Waals surface area contributed by atoms with Gasteiger partial charge in [0.15, 0.2) is 0 Å². The van der Waals surface area contributed by atoms with Crippen molar-refractivity contribution >= 4 is 35.0 Å². The van der Waals surface area contributed by atoms with Crippen LogP contribution in [-0.4, -0.2) is 35.4 Å². The third kappa shape index (κ3) is 6.64. The Morgan fingerprint density at radius 3 is 2.13 bits per heavy atom. The quantitative estimate of drug-likeness (QED) is 0.653. The summed E-state index contributed by atoms with van der Waals surface area (Å²) in [5.41, 5.74) is 1.01. The van der Waals surface area contributed by atoms with Crippen molar-refractivity contribution in [3.05, 3.63) is 63.6 Å². The van der Waals surface area contributed by atoms with Crippen molar-refractivity contribution in [1.82, 2.24) is 10.2 Å². The number of nitrogens with zero attached hydrogens (tertiary/aromatic N) is 1. The minimum atomic E-state index is -0.706. The summed E-state index contributed by atoms with van der Waals surface area (Å²) >= 11 is 12.7. The van der Waals surface area contributed by atoms with Crippen LogP contribution in [0.5, 0.6) is 5.75 Å². The zero-order valence-electron chi connectivity index (χ0n) is 18.0. The molecule has 7 heteroatoms. The number of hydrogen-bond acceptors (Lipinski definition) is 3. The van der Waals surface area contributed by atoms with Crippen LogP contribution in [0.4, 0.5) is 0 Å². The Morgan fingerprint density at radius 2 is 1.63 bits per heavy atom. The van der Waals surface area contributed by atoms with Gasteiger partial charge >= 0.3 is 0 Å². The van der Waals surface area contributed by atoms with Gasteiger partial charge in [-0.05, 0) is 57.5 Å². The SMILES string of the molecule is COc1ccc(CC(=O)N(Cc2c(Cl)cccc2Cl)[C@H](C)C(=O)NC(C)(C)C)cc1. The second-order valence-electron chi connectivity index (χ2n) is 8.16. The molecule has 162 valence electrons. The fourth-order valence-corrected chi connectivity index (χ4v) is 3.45. The molecule has 0 saturated carbocycles. The van der Waals surface area contributed by atoms with E-state index in [1.807, 2.05) is 32.9 Å². The van der Waals surface area contributed by atoms with E-state index in [9.17, 15) is 9.59 Å². The first-order chi connectivity index (χ1) is 14.0. The molecule has 2 amide bonds. The van der Waals surface area contributed by atoms with Crippen LogP contribution in [0.15, 0.2) is 42.5 Å². The fourth-order valence-electron chi connectivity index (χ4n) is 2.93. The number of hydrogen-bond donors (Lipinski definition) is 1. The lowest BCUT2D eigenvalue weighted by molar-refractivity contribution is -0.140. The second-order valence-corrected chi connectivity index (χ2v) is 8.98. The number of nitrogens with one attached hydrogen (secondary N) is 1. The number of methoxy groups -OCH3 is 1. The molecule has 2 rings (SSSR count). The Labute approximate surface area is 188 Å². The number of benzene rings is 2. The number of halogens is 2. The summed E-state index contributed by atoms with van der Waals surface area (Å²) in [6, 6.07) is 11.7. The Balaban J connectivity index is 2.31. The molecule has 0 aliphatic carbocycles. The molecule has 1 N–H and O–H groups in total. The predicted octanol–water partition coefficient (Wildman–Crippen LogP) is 4.88. The molecule has 0 aliphatic rings.